The van der Waals surface area contributed by atoms with Crippen molar-refractivity contribution < 1.29 is 0 Å². The van der Waals surface area contributed by atoms with Crippen LogP contribution in [0.5, 0.6) is 0 Å². The highest BCUT2D eigenvalue weighted by molar-refractivity contribution is 6.89. The number of benzene rings is 2. The van der Waals surface area contributed by atoms with Crippen LogP contribution in [0.4, 0.5) is 0 Å². The van der Waals surface area contributed by atoms with Gasteiger partial charge in [-0.15, -0.1) is 0 Å². The Morgan fingerprint density at radius 3 is 2.61 bits per heavy atom. The van der Waals surface area contributed by atoms with Crippen molar-refractivity contribution in [2.45, 2.75) is 19.6 Å². The Hall–Kier alpha value is -2.39. The minimum absolute atomic E-state index is 1.06. The van der Waals surface area contributed by atoms with Crippen LogP contribution in [0.1, 0.15) is 0 Å². The van der Waals surface area contributed by atoms with Gasteiger partial charge in [-0.2, -0.15) is 0 Å². The van der Waals surface area contributed by atoms with E-state index in [1.165, 1.54) is 37.6 Å². The molecule has 0 fully saturated rings. The molecule has 2 nitrogen and oxygen atoms in total. The number of hydrogen-bond donors (Lipinski definition) is 0. The molecule has 2 aromatic carbocycles. The van der Waals surface area contributed by atoms with Gasteiger partial charge in [-0.3, -0.25) is 0 Å². The molecular weight excluding hydrogens is 296 g/mol. The van der Waals surface area contributed by atoms with Crippen molar-refractivity contribution in [1.29, 1.82) is 0 Å². The van der Waals surface area contributed by atoms with E-state index in [0.717, 1.165) is 5.65 Å². The summed E-state index contributed by atoms with van der Waals surface area (Å²) in [6.45, 7) is 7.24. The Kier molecular flexibility index (Phi) is 2.34. The van der Waals surface area contributed by atoms with E-state index in [-0.39, 0.29) is 0 Å². The Bertz CT molecular complexity index is 1190. The van der Waals surface area contributed by atoms with Gasteiger partial charge in [0.2, 0.25) is 0 Å². The first kappa shape index (κ1) is 13.1. The second kappa shape index (κ2) is 4.12. The SMILES string of the molecule is C[Si](C)(C)c1cc2ccnc3c2c(c1)c1cccc2ccn3c21. The van der Waals surface area contributed by atoms with E-state index in [1.807, 2.05) is 6.20 Å². The van der Waals surface area contributed by atoms with Crippen molar-refractivity contribution in [1.82, 2.24) is 9.38 Å². The Labute approximate surface area is 135 Å². The second-order valence-corrected chi connectivity index (χ2v) is 12.5. The summed E-state index contributed by atoms with van der Waals surface area (Å²) in [6, 6.07) is 15.7. The third kappa shape index (κ3) is 1.65. The predicted octanol–water partition coefficient (Wildman–Crippen LogP) is 4.78. The highest BCUT2D eigenvalue weighted by Crippen LogP contribution is 2.34. The second-order valence-electron chi connectivity index (χ2n) is 7.44. The number of rotatable bonds is 1. The van der Waals surface area contributed by atoms with Crippen LogP contribution >= 0.6 is 0 Å². The summed E-state index contributed by atoms with van der Waals surface area (Å²) in [6.07, 6.45) is 4.08. The lowest BCUT2D eigenvalue weighted by molar-refractivity contribution is 1.21. The summed E-state index contributed by atoms with van der Waals surface area (Å²) < 4.78 is 2.24. The van der Waals surface area contributed by atoms with Crippen molar-refractivity contribution >= 4 is 51.4 Å². The van der Waals surface area contributed by atoms with Crippen LogP contribution in [0.25, 0.3) is 38.1 Å². The molecule has 5 rings (SSSR count). The van der Waals surface area contributed by atoms with Crippen LogP contribution in [0.15, 0.2) is 54.9 Å². The van der Waals surface area contributed by atoms with Crippen LogP contribution in [-0.4, -0.2) is 17.5 Å². The average Bonchev–Trinajstić information content (AvgIpc) is 2.96. The molecule has 0 bridgehead atoms. The molecule has 0 amide bonds. The largest absolute Gasteiger partial charge is 0.300 e. The molecule has 0 aliphatic rings. The Morgan fingerprint density at radius 2 is 1.78 bits per heavy atom. The predicted molar refractivity (Wildman–Crippen MR) is 102 cm³/mol. The van der Waals surface area contributed by atoms with Gasteiger partial charge in [0.1, 0.15) is 5.65 Å². The zero-order valence-corrected chi connectivity index (χ0v) is 14.6. The van der Waals surface area contributed by atoms with Gasteiger partial charge in [-0.25, -0.2) is 4.98 Å². The highest BCUT2D eigenvalue weighted by Gasteiger charge is 2.20. The Morgan fingerprint density at radius 1 is 0.913 bits per heavy atom. The molecule has 0 spiro atoms. The van der Waals surface area contributed by atoms with E-state index in [4.69, 9.17) is 4.98 Å². The number of aromatic nitrogens is 2. The maximum Gasteiger partial charge on any atom is 0.145 e. The first-order valence-electron chi connectivity index (χ1n) is 8.08. The minimum atomic E-state index is -1.38. The van der Waals surface area contributed by atoms with Crippen LogP contribution in [0.3, 0.4) is 0 Å². The summed E-state index contributed by atoms with van der Waals surface area (Å²) in [4.78, 5) is 4.70. The molecule has 112 valence electrons. The quantitative estimate of drug-likeness (QED) is 0.247. The van der Waals surface area contributed by atoms with Gasteiger partial charge in [0.05, 0.1) is 13.6 Å². The van der Waals surface area contributed by atoms with Gasteiger partial charge in [-0.05, 0) is 22.9 Å². The van der Waals surface area contributed by atoms with E-state index in [2.05, 4.69) is 72.7 Å². The molecule has 0 N–H and O–H groups in total. The highest BCUT2D eigenvalue weighted by atomic mass is 28.3. The fraction of sp³-hybridized carbons (Fsp3) is 0.150. The van der Waals surface area contributed by atoms with Crippen molar-refractivity contribution in [3.63, 3.8) is 0 Å². The maximum absolute atomic E-state index is 4.70. The van der Waals surface area contributed by atoms with Crippen molar-refractivity contribution in [3.8, 4) is 0 Å². The third-order valence-corrected chi connectivity index (χ3v) is 6.96. The lowest BCUT2D eigenvalue weighted by Gasteiger charge is -2.20. The van der Waals surface area contributed by atoms with E-state index in [1.54, 1.807) is 0 Å². The Balaban J connectivity index is 2.15. The molecule has 0 radical (unpaired) electrons. The number of pyridine rings is 2. The molecule has 3 heteroatoms. The molecule has 5 aromatic rings. The van der Waals surface area contributed by atoms with E-state index in [9.17, 15) is 0 Å². The zero-order valence-electron chi connectivity index (χ0n) is 13.6. The molecule has 0 aliphatic heterocycles. The lowest BCUT2D eigenvalue weighted by Crippen LogP contribution is -2.37. The van der Waals surface area contributed by atoms with Crippen LogP contribution < -0.4 is 5.19 Å². The molecule has 3 heterocycles. The number of para-hydroxylation sites is 1. The smallest absolute Gasteiger partial charge is 0.145 e. The lowest BCUT2D eigenvalue weighted by atomic mass is 10.0. The molecule has 0 unspecified atom stereocenters. The normalized spacial score (nSPS) is 13.0. The first-order valence-corrected chi connectivity index (χ1v) is 11.6. The summed E-state index contributed by atoms with van der Waals surface area (Å²) in [5.74, 6) is 0. The standard InChI is InChI=1S/C20H18N2Si/c1-23(2,3)15-11-14-7-9-21-20-18(14)17(12-15)16-6-4-5-13-8-10-22(20)19(13)16/h4-12H,1-3H3. The van der Waals surface area contributed by atoms with Crippen molar-refractivity contribution in [2.24, 2.45) is 0 Å². The molecule has 23 heavy (non-hydrogen) atoms. The van der Waals surface area contributed by atoms with Crippen LogP contribution in [-0.2, 0) is 0 Å². The number of fused-ring (bicyclic) bond motifs is 2. The minimum Gasteiger partial charge on any atom is -0.300 e. The molecule has 0 atom stereocenters. The van der Waals surface area contributed by atoms with Gasteiger partial charge in [0.25, 0.3) is 0 Å². The summed E-state index contributed by atoms with van der Waals surface area (Å²) in [5, 5.41) is 8.06. The fourth-order valence-electron chi connectivity index (χ4n) is 3.71. The molecule has 3 aromatic heterocycles. The van der Waals surface area contributed by atoms with Gasteiger partial charge >= 0.3 is 0 Å². The van der Waals surface area contributed by atoms with E-state index in [0.29, 0.717) is 0 Å². The monoisotopic (exact) mass is 314 g/mol. The van der Waals surface area contributed by atoms with Gasteiger partial charge < -0.3 is 4.40 Å². The van der Waals surface area contributed by atoms with Crippen molar-refractivity contribution in [3.05, 3.63) is 54.9 Å². The van der Waals surface area contributed by atoms with E-state index < -0.39 is 8.07 Å². The molecular formula is C20H18N2Si. The molecule has 0 aliphatic carbocycles. The number of nitrogens with zero attached hydrogens (tertiary/aromatic N) is 2. The van der Waals surface area contributed by atoms with Gasteiger partial charge in [0, 0.05) is 28.6 Å². The fourth-order valence-corrected chi connectivity index (χ4v) is 4.88. The van der Waals surface area contributed by atoms with Crippen molar-refractivity contribution in [2.75, 3.05) is 0 Å². The molecule has 0 saturated heterocycles. The van der Waals surface area contributed by atoms with Gasteiger partial charge in [0.15, 0.2) is 0 Å². The summed E-state index contributed by atoms with van der Waals surface area (Å²) >= 11 is 0. The van der Waals surface area contributed by atoms with Crippen LogP contribution in [0.2, 0.25) is 19.6 Å². The van der Waals surface area contributed by atoms with Crippen LogP contribution in [0, 0.1) is 0 Å². The number of hydrogen-bond acceptors (Lipinski definition) is 1. The van der Waals surface area contributed by atoms with E-state index >= 15 is 0 Å². The zero-order chi connectivity index (χ0) is 15.8. The molecule has 0 saturated carbocycles. The third-order valence-electron chi connectivity index (χ3n) is 4.94. The maximum atomic E-state index is 4.70. The van der Waals surface area contributed by atoms with Gasteiger partial charge in [-0.1, -0.05) is 55.2 Å². The summed E-state index contributed by atoms with van der Waals surface area (Å²) in [7, 11) is -1.38. The summed E-state index contributed by atoms with van der Waals surface area (Å²) in [5.41, 5.74) is 2.35. The average molecular weight is 314 g/mol. The topological polar surface area (TPSA) is 17.3 Å². The first-order chi connectivity index (χ1) is 11.0.